The molecular formula is C15H21N3O2S. The number of imidazole rings is 1. The van der Waals surface area contributed by atoms with Crippen molar-refractivity contribution >= 4 is 15.5 Å². The summed E-state index contributed by atoms with van der Waals surface area (Å²) >= 11 is 0. The van der Waals surface area contributed by atoms with Crippen LogP contribution in [0.3, 0.4) is 0 Å². The van der Waals surface area contributed by atoms with Crippen molar-refractivity contribution in [3.8, 4) is 11.4 Å². The summed E-state index contributed by atoms with van der Waals surface area (Å²) in [7, 11) is -3.15. The van der Waals surface area contributed by atoms with E-state index in [1.807, 2.05) is 22.8 Å². The number of aromatic nitrogens is 2. The standard InChI is InChI=1S/C15H21N3O2S/c1-15(2,3)21(19,20)10-9-18-8-7-17-14(18)12-5-4-6-13(16)11-12/h4-8,11H,9-10,16H2,1-3H3. The molecule has 2 rings (SSSR count). The maximum Gasteiger partial charge on any atom is 0.156 e. The smallest absolute Gasteiger partial charge is 0.156 e. The summed E-state index contributed by atoms with van der Waals surface area (Å²) in [6.45, 7) is 5.53. The lowest BCUT2D eigenvalue weighted by Gasteiger charge is -2.19. The average Bonchev–Trinajstić information content (AvgIpc) is 2.83. The van der Waals surface area contributed by atoms with Crippen molar-refractivity contribution < 1.29 is 8.42 Å². The zero-order valence-corrected chi connectivity index (χ0v) is 13.4. The van der Waals surface area contributed by atoms with E-state index in [9.17, 15) is 8.42 Å². The number of nitrogens with two attached hydrogens (primary N) is 1. The molecule has 2 N–H and O–H groups in total. The van der Waals surface area contributed by atoms with E-state index in [0.29, 0.717) is 12.2 Å². The van der Waals surface area contributed by atoms with Gasteiger partial charge in [0.05, 0.1) is 10.5 Å². The zero-order chi connectivity index (χ0) is 15.7. The first-order chi connectivity index (χ1) is 9.71. The molecular weight excluding hydrogens is 286 g/mol. The van der Waals surface area contributed by atoms with Gasteiger partial charge >= 0.3 is 0 Å². The van der Waals surface area contributed by atoms with Crippen LogP contribution in [0.1, 0.15) is 20.8 Å². The monoisotopic (exact) mass is 307 g/mol. The summed E-state index contributed by atoms with van der Waals surface area (Å²) in [4.78, 5) is 4.30. The largest absolute Gasteiger partial charge is 0.399 e. The highest BCUT2D eigenvalue weighted by Crippen LogP contribution is 2.21. The van der Waals surface area contributed by atoms with E-state index < -0.39 is 14.6 Å². The predicted molar refractivity (Wildman–Crippen MR) is 85.6 cm³/mol. The zero-order valence-electron chi connectivity index (χ0n) is 12.6. The Balaban J connectivity index is 2.23. The molecule has 0 radical (unpaired) electrons. The molecule has 6 heteroatoms. The van der Waals surface area contributed by atoms with Crippen molar-refractivity contribution in [2.24, 2.45) is 0 Å². The Labute approximate surface area is 125 Å². The number of nitrogen functional groups attached to an aromatic ring is 1. The fraction of sp³-hybridized carbons (Fsp3) is 0.400. The van der Waals surface area contributed by atoms with Crippen molar-refractivity contribution in [3.63, 3.8) is 0 Å². The maximum atomic E-state index is 12.2. The lowest BCUT2D eigenvalue weighted by atomic mass is 10.2. The molecule has 0 saturated heterocycles. The molecule has 1 aromatic carbocycles. The third kappa shape index (κ3) is 3.44. The molecule has 1 aromatic heterocycles. The van der Waals surface area contributed by atoms with Crippen LogP contribution in [-0.4, -0.2) is 28.5 Å². The molecule has 0 fully saturated rings. The van der Waals surface area contributed by atoms with Gasteiger partial charge in [0.2, 0.25) is 0 Å². The maximum absolute atomic E-state index is 12.2. The summed E-state index contributed by atoms with van der Waals surface area (Å²) in [6, 6.07) is 7.40. The van der Waals surface area contributed by atoms with Crippen LogP contribution in [0.4, 0.5) is 5.69 Å². The number of sulfone groups is 1. The first-order valence-corrected chi connectivity index (χ1v) is 8.45. The number of hydrogen-bond donors (Lipinski definition) is 1. The Morgan fingerprint density at radius 1 is 1.29 bits per heavy atom. The number of anilines is 1. The highest BCUT2D eigenvalue weighted by atomic mass is 32.2. The molecule has 0 saturated carbocycles. The lowest BCUT2D eigenvalue weighted by Crippen LogP contribution is -2.32. The third-order valence-corrected chi connectivity index (χ3v) is 5.98. The van der Waals surface area contributed by atoms with Crippen molar-refractivity contribution in [2.45, 2.75) is 32.1 Å². The first-order valence-electron chi connectivity index (χ1n) is 6.80. The molecule has 0 aliphatic rings. The van der Waals surface area contributed by atoms with Crippen molar-refractivity contribution in [2.75, 3.05) is 11.5 Å². The Kier molecular flexibility index (Phi) is 4.09. The SMILES string of the molecule is CC(C)(C)S(=O)(=O)CCn1ccnc1-c1cccc(N)c1. The van der Waals surface area contributed by atoms with E-state index in [1.165, 1.54) is 0 Å². The molecule has 0 atom stereocenters. The minimum Gasteiger partial charge on any atom is -0.399 e. The van der Waals surface area contributed by atoms with Gasteiger partial charge in [-0.05, 0) is 32.9 Å². The Morgan fingerprint density at radius 2 is 2.00 bits per heavy atom. The normalized spacial score (nSPS) is 12.5. The van der Waals surface area contributed by atoms with Gasteiger partial charge in [-0.2, -0.15) is 0 Å². The van der Waals surface area contributed by atoms with Gasteiger partial charge in [-0.15, -0.1) is 0 Å². The second-order valence-electron chi connectivity index (χ2n) is 6.00. The van der Waals surface area contributed by atoms with E-state index in [-0.39, 0.29) is 5.75 Å². The van der Waals surface area contributed by atoms with E-state index in [4.69, 9.17) is 5.73 Å². The van der Waals surface area contributed by atoms with Crippen LogP contribution < -0.4 is 5.73 Å². The highest BCUT2D eigenvalue weighted by molar-refractivity contribution is 7.92. The van der Waals surface area contributed by atoms with E-state index in [0.717, 1.165) is 11.4 Å². The molecule has 21 heavy (non-hydrogen) atoms. The second-order valence-corrected chi connectivity index (χ2v) is 8.86. The van der Waals surface area contributed by atoms with E-state index in [2.05, 4.69) is 4.98 Å². The molecule has 2 aromatic rings. The lowest BCUT2D eigenvalue weighted by molar-refractivity contribution is 0.554. The molecule has 0 amide bonds. The molecule has 5 nitrogen and oxygen atoms in total. The number of nitrogens with zero attached hydrogens (tertiary/aromatic N) is 2. The summed E-state index contributed by atoms with van der Waals surface area (Å²) in [6.07, 6.45) is 3.46. The van der Waals surface area contributed by atoms with Gasteiger partial charge in [-0.1, -0.05) is 12.1 Å². The summed E-state index contributed by atoms with van der Waals surface area (Å²) in [5.74, 6) is 0.814. The average molecular weight is 307 g/mol. The molecule has 1 heterocycles. The summed E-state index contributed by atoms with van der Waals surface area (Å²) < 4.78 is 25.5. The third-order valence-electron chi connectivity index (χ3n) is 3.39. The molecule has 114 valence electrons. The Hall–Kier alpha value is -1.82. The second kappa shape index (κ2) is 5.52. The number of benzene rings is 1. The van der Waals surface area contributed by atoms with Gasteiger partial charge in [0.25, 0.3) is 0 Å². The van der Waals surface area contributed by atoms with Crippen LogP contribution in [-0.2, 0) is 16.4 Å². The minimum atomic E-state index is -3.15. The van der Waals surface area contributed by atoms with Crippen LogP contribution in [0.15, 0.2) is 36.7 Å². The Morgan fingerprint density at radius 3 is 2.62 bits per heavy atom. The fourth-order valence-corrected chi connectivity index (χ4v) is 3.00. The molecule has 0 aliphatic heterocycles. The van der Waals surface area contributed by atoms with E-state index >= 15 is 0 Å². The first kappa shape index (κ1) is 15.6. The highest BCUT2D eigenvalue weighted by Gasteiger charge is 2.28. The van der Waals surface area contributed by atoms with Crippen molar-refractivity contribution in [3.05, 3.63) is 36.7 Å². The van der Waals surface area contributed by atoms with Crippen LogP contribution >= 0.6 is 0 Å². The van der Waals surface area contributed by atoms with Crippen LogP contribution in [0.5, 0.6) is 0 Å². The molecule has 0 aliphatic carbocycles. The fourth-order valence-electron chi connectivity index (χ4n) is 1.95. The van der Waals surface area contributed by atoms with E-state index in [1.54, 1.807) is 39.2 Å². The van der Waals surface area contributed by atoms with Gasteiger partial charge in [0, 0.05) is 30.2 Å². The quantitative estimate of drug-likeness (QED) is 0.879. The number of rotatable bonds is 4. The molecule has 0 unspecified atom stereocenters. The number of hydrogen-bond acceptors (Lipinski definition) is 4. The van der Waals surface area contributed by atoms with Crippen LogP contribution in [0, 0.1) is 0 Å². The number of aryl methyl sites for hydroxylation is 1. The van der Waals surface area contributed by atoms with Gasteiger partial charge in [0.1, 0.15) is 5.82 Å². The van der Waals surface area contributed by atoms with Gasteiger partial charge in [0.15, 0.2) is 9.84 Å². The molecule has 0 bridgehead atoms. The topological polar surface area (TPSA) is 78.0 Å². The van der Waals surface area contributed by atoms with Crippen LogP contribution in [0.25, 0.3) is 11.4 Å². The minimum absolute atomic E-state index is 0.0855. The Bertz CT molecular complexity index is 727. The van der Waals surface area contributed by atoms with Crippen molar-refractivity contribution in [1.29, 1.82) is 0 Å². The van der Waals surface area contributed by atoms with Crippen molar-refractivity contribution in [1.82, 2.24) is 9.55 Å². The van der Waals surface area contributed by atoms with Crippen LogP contribution in [0.2, 0.25) is 0 Å². The predicted octanol–water partition coefficient (Wildman–Crippen LogP) is 2.35. The van der Waals surface area contributed by atoms with Gasteiger partial charge < -0.3 is 10.3 Å². The molecule has 0 spiro atoms. The summed E-state index contributed by atoms with van der Waals surface area (Å²) in [5.41, 5.74) is 7.32. The summed E-state index contributed by atoms with van der Waals surface area (Å²) in [5, 5.41) is 0. The van der Waals surface area contributed by atoms with Gasteiger partial charge in [-0.25, -0.2) is 13.4 Å². The van der Waals surface area contributed by atoms with Gasteiger partial charge in [-0.3, -0.25) is 0 Å².